The lowest BCUT2D eigenvalue weighted by molar-refractivity contribution is 0.197. The van der Waals surface area contributed by atoms with Crippen LogP contribution < -0.4 is 5.32 Å². The Bertz CT molecular complexity index is 646. The van der Waals surface area contributed by atoms with Gasteiger partial charge in [-0.25, -0.2) is 8.42 Å². The number of sulfonamides is 1. The molecule has 5 nitrogen and oxygen atoms in total. The van der Waals surface area contributed by atoms with Crippen molar-refractivity contribution in [1.29, 1.82) is 0 Å². The van der Waals surface area contributed by atoms with Crippen molar-refractivity contribution < 1.29 is 8.42 Å². The van der Waals surface area contributed by atoms with Crippen LogP contribution in [0.3, 0.4) is 0 Å². The summed E-state index contributed by atoms with van der Waals surface area (Å²) in [6.07, 6.45) is 6.95. The Labute approximate surface area is 152 Å². The van der Waals surface area contributed by atoms with Crippen LogP contribution in [0.15, 0.2) is 29.2 Å². The zero-order valence-electron chi connectivity index (χ0n) is 15.4. The number of nitrogens with zero attached hydrogens (tertiary/aromatic N) is 2. The molecule has 0 atom stereocenters. The molecule has 1 aromatic carbocycles. The molecule has 1 heterocycles. The third-order valence-corrected chi connectivity index (χ3v) is 7.68. The number of piperidine rings is 1. The van der Waals surface area contributed by atoms with Gasteiger partial charge in [0.05, 0.1) is 4.90 Å². The molecule has 1 aliphatic carbocycles. The van der Waals surface area contributed by atoms with Crippen molar-refractivity contribution in [3.8, 4) is 0 Å². The van der Waals surface area contributed by atoms with Gasteiger partial charge < -0.3 is 10.2 Å². The van der Waals surface area contributed by atoms with Crippen LogP contribution >= 0.6 is 0 Å². The molecule has 25 heavy (non-hydrogen) atoms. The van der Waals surface area contributed by atoms with Crippen molar-refractivity contribution >= 4 is 10.0 Å². The molecule has 140 valence electrons. The van der Waals surface area contributed by atoms with Crippen molar-refractivity contribution in [2.75, 3.05) is 27.2 Å². The first-order chi connectivity index (χ1) is 12.0. The summed E-state index contributed by atoms with van der Waals surface area (Å²) in [4.78, 5) is 2.65. The standard InChI is InChI=1S/C19H31N3O2S/c1-21-13-11-18(12-14-21)22(2)25(23,24)19-9-7-16(8-10-19)15-20-17-5-3-4-6-17/h7-10,17-18,20H,3-6,11-15H2,1-2H3. The van der Waals surface area contributed by atoms with Crippen LogP contribution in [0.1, 0.15) is 44.1 Å². The molecule has 0 spiro atoms. The Kier molecular flexibility index (Phi) is 6.15. The summed E-state index contributed by atoms with van der Waals surface area (Å²) in [6.45, 7) is 2.72. The van der Waals surface area contributed by atoms with E-state index < -0.39 is 10.0 Å². The molecule has 1 N–H and O–H groups in total. The molecule has 1 saturated heterocycles. The maximum atomic E-state index is 12.9. The fourth-order valence-electron chi connectivity index (χ4n) is 3.89. The van der Waals surface area contributed by atoms with E-state index in [4.69, 9.17) is 0 Å². The van der Waals surface area contributed by atoms with E-state index in [0.29, 0.717) is 10.9 Å². The lowest BCUT2D eigenvalue weighted by Gasteiger charge is -2.34. The van der Waals surface area contributed by atoms with Crippen molar-refractivity contribution in [3.63, 3.8) is 0 Å². The maximum Gasteiger partial charge on any atom is 0.243 e. The minimum absolute atomic E-state index is 0.102. The minimum atomic E-state index is -3.41. The largest absolute Gasteiger partial charge is 0.310 e. The molecule has 2 aliphatic rings. The molecule has 1 saturated carbocycles. The smallest absolute Gasteiger partial charge is 0.243 e. The van der Waals surface area contributed by atoms with Crippen molar-refractivity contribution in [2.45, 2.75) is 62.0 Å². The van der Waals surface area contributed by atoms with E-state index in [-0.39, 0.29) is 6.04 Å². The van der Waals surface area contributed by atoms with Crippen molar-refractivity contribution in [1.82, 2.24) is 14.5 Å². The second kappa shape index (κ2) is 8.16. The molecule has 0 bridgehead atoms. The predicted molar refractivity (Wildman–Crippen MR) is 101 cm³/mol. The first kappa shape index (κ1) is 18.8. The van der Waals surface area contributed by atoms with E-state index >= 15 is 0 Å². The van der Waals surface area contributed by atoms with E-state index in [0.717, 1.165) is 38.0 Å². The highest BCUT2D eigenvalue weighted by Crippen LogP contribution is 2.23. The highest BCUT2D eigenvalue weighted by Gasteiger charge is 2.30. The Morgan fingerprint density at radius 3 is 2.28 bits per heavy atom. The number of likely N-dealkylation sites (tertiary alicyclic amines) is 1. The topological polar surface area (TPSA) is 52.7 Å². The van der Waals surface area contributed by atoms with Gasteiger partial charge in [-0.15, -0.1) is 0 Å². The normalized spacial score (nSPS) is 21.2. The third kappa shape index (κ3) is 4.61. The summed E-state index contributed by atoms with van der Waals surface area (Å²) < 4.78 is 27.4. The Morgan fingerprint density at radius 1 is 1.08 bits per heavy atom. The van der Waals surface area contributed by atoms with Crippen molar-refractivity contribution in [3.05, 3.63) is 29.8 Å². The number of hydrogen-bond acceptors (Lipinski definition) is 4. The van der Waals surface area contributed by atoms with E-state index in [2.05, 4.69) is 17.3 Å². The molecule has 6 heteroatoms. The maximum absolute atomic E-state index is 12.9. The van der Waals surface area contributed by atoms with Gasteiger partial charge in [-0.05, 0) is 63.5 Å². The van der Waals surface area contributed by atoms with E-state index in [1.165, 1.54) is 25.7 Å². The second-order valence-electron chi connectivity index (χ2n) is 7.56. The second-order valence-corrected chi connectivity index (χ2v) is 9.56. The number of hydrogen-bond donors (Lipinski definition) is 1. The van der Waals surface area contributed by atoms with Gasteiger partial charge in [-0.1, -0.05) is 25.0 Å². The average molecular weight is 366 g/mol. The summed E-state index contributed by atoms with van der Waals surface area (Å²) in [5.74, 6) is 0. The molecule has 0 amide bonds. The molecule has 1 aromatic rings. The Hall–Kier alpha value is -0.950. The van der Waals surface area contributed by atoms with Gasteiger partial charge in [0.1, 0.15) is 0 Å². The molecule has 2 fully saturated rings. The number of benzene rings is 1. The highest BCUT2D eigenvalue weighted by molar-refractivity contribution is 7.89. The summed E-state index contributed by atoms with van der Waals surface area (Å²) in [5.41, 5.74) is 1.15. The summed E-state index contributed by atoms with van der Waals surface area (Å²) in [6, 6.07) is 8.12. The van der Waals surface area contributed by atoms with Crippen LogP contribution in [0.2, 0.25) is 0 Å². The van der Waals surface area contributed by atoms with Gasteiger partial charge in [0.2, 0.25) is 10.0 Å². The Morgan fingerprint density at radius 2 is 1.68 bits per heavy atom. The average Bonchev–Trinajstić information content (AvgIpc) is 3.14. The SMILES string of the molecule is CN1CCC(N(C)S(=O)(=O)c2ccc(CNC3CCCC3)cc2)CC1. The molecule has 0 radical (unpaired) electrons. The molecular weight excluding hydrogens is 334 g/mol. The van der Waals surface area contributed by atoms with E-state index in [9.17, 15) is 8.42 Å². The number of rotatable bonds is 6. The lowest BCUT2D eigenvalue weighted by atomic mass is 10.1. The summed E-state index contributed by atoms with van der Waals surface area (Å²) in [7, 11) is 0.400. The minimum Gasteiger partial charge on any atom is -0.310 e. The fraction of sp³-hybridized carbons (Fsp3) is 0.684. The molecular formula is C19H31N3O2S. The van der Waals surface area contributed by atoms with Gasteiger partial charge in [0.15, 0.2) is 0 Å². The highest BCUT2D eigenvalue weighted by atomic mass is 32.2. The molecule has 3 rings (SSSR count). The molecule has 1 aliphatic heterocycles. The van der Waals surface area contributed by atoms with Gasteiger partial charge in [0, 0.05) is 25.7 Å². The van der Waals surface area contributed by atoms with Gasteiger partial charge >= 0.3 is 0 Å². The van der Waals surface area contributed by atoms with Crippen LogP contribution in [-0.4, -0.2) is 56.9 Å². The summed E-state index contributed by atoms with van der Waals surface area (Å²) in [5, 5.41) is 3.57. The third-order valence-electron chi connectivity index (χ3n) is 5.75. The zero-order valence-corrected chi connectivity index (χ0v) is 16.3. The quantitative estimate of drug-likeness (QED) is 0.841. The first-order valence-electron chi connectivity index (χ1n) is 9.46. The van der Waals surface area contributed by atoms with E-state index in [1.54, 1.807) is 23.5 Å². The lowest BCUT2D eigenvalue weighted by Crippen LogP contribution is -2.44. The van der Waals surface area contributed by atoms with E-state index in [1.807, 2.05) is 12.1 Å². The fourth-order valence-corrected chi connectivity index (χ4v) is 5.31. The predicted octanol–water partition coefficient (Wildman–Crippen LogP) is 2.43. The van der Waals surface area contributed by atoms with Gasteiger partial charge in [-0.3, -0.25) is 0 Å². The van der Waals surface area contributed by atoms with Crippen molar-refractivity contribution in [2.24, 2.45) is 0 Å². The van der Waals surface area contributed by atoms with Crippen LogP contribution in [0.25, 0.3) is 0 Å². The molecule has 0 unspecified atom stereocenters. The number of nitrogens with one attached hydrogen (secondary N) is 1. The molecule has 0 aromatic heterocycles. The Balaban J connectivity index is 1.61. The zero-order chi connectivity index (χ0) is 17.9. The summed E-state index contributed by atoms with van der Waals surface area (Å²) >= 11 is 0. The van der Waals surface area contributed by atoms with Crippen LogP contribution in [-0.2, 0) is 16.6 Å². The van der Waals surface area contributed by atoms with Gasteiger partial charge in [-0.2, -0.15) is 4.31 Å². The van der Waals surface area contributed by atoms with Crippen LogP contribution in [0, 0.1) is 0 Å². The van der Waals surface area contributed by atoms with Gasteiger partial charge in [0.25, 0.3) is 0 Å². The van der Waals surface area contributed by atoms with Crippen LogP contribution in [0.4, 0.5) is 0 Å². The van der Waals surface area contributed by atoms with Crippen LogP contribution in [0.5, 0.6) is 0 Å². The first-order valence-corrected chi connectivity index (χ1v) is 10.9. The monoisotopic (exact) mass is 365 g/mol.